The van der Waals surface area contributed by atoms with Crippen molar-refractivity contribution < 1.29 is 19.8 Å². The topological polar surface area (TPSA) is 74.6 Å². The van der Waals surface area contributed by atoms with Gasteiger partial charge in [0, 0.05) is 0 Å². The summed E-state index contributed by atoms with van der Waals surface area (Å²) in [4.78, 5) is 21.7. The molecule has 0 aliphatic rings. The first kappa shape index (κ1) is 18.1. The van der Waals surface area contributed by atoms with Crippen molar-refractivity contribution in [2.45, 2.75) is 40.0 Å². The third-order valence-corrected chi connectivity index (χ3v) is 2.99. The third kappa shape index (κ3) is 5.16. The molecule has 4 nitrogen and oxygen atoms in total. The molecular weight excluding hydrogens is 220 g/mol. The number of rotatable bonds is 7. The molecule has 0 aliphatic carbocycles. The van der Waals surface area contributed by atoms with Crippen molar-refractivity contribution in [1.82, 2.24) is 0 Å². The van der Waals surface area contributed by atoms with Crippen LogP contribution in [0.4, 0.5) is 0 Å². The second-order valence-electron chi connectivity index (χ2n) is 3.97. The minimum atomic E-state index is -1.28. The Morgan fingerprint density at radius 2 is 1.56 bits per heavy atom. The summed E-state index contributed by atoms with van der Waals surface area (Å²) in [5.41, 5.74) is 0. The molecule has 92 valence electrons. The van der Waals surface area contributed by atoms with Gasteiger partial charge in [0.25, 0.3) is 0 Å². The van der Waals surface area contributed by atoms with E-state index in [9.17, 15) is 9.59 Å². The van der Waals surface area contributed by atoms with Crippen LogP contribution in [0.2, 0.25) is 0 Å². The zero-order valence-corrected chi connectivity index (χ0v) is 9.56. The molecular formula is C11H22MgO4. The lowest BCUT2D eigenvalue weighted by atomic mass is 9.79. The van der Waals surface area contributed by atoms with E-state index < -0.39 is 17.9 Å². The molecule has 0 fully saturated rings. The molecule has 0 radical (unpaired) electrons. The first-order valence-corrected chi connectivity index (χ1v) is 5.41. The fraction of sp³-hybridized carbons (Fsp3) is 0.818. The van der Waals surface area contributed by atoms with Crippen LogP contribution in [0.1, 0.15) is 40.0 Å². The van der Waals surface area contributed by atoms with Crippen LogP contribution in [0, 0.1) is 17.8 Å². The molecule has 16 heavy (non-hydrogen) atoms. The van der Waals surface area contributed by atoms with Gasteiger partial charge in [-0.15, -0.1) is 0 Å². The van der Waals surface area contributed by atoms with Crippen LogP contribution in [0.15, 0.2) is 0 Å². The summed E-state index contributed by atoms with van der Waals surface area (Å²) < 4.78 is 0. The standard InChI is InChI=1S/C11H20O4.Mg.2H/c1-4-6-8(5-2)7(3)9(10(12)13)11(14)15;;;/h7-9H,4-6H2,1-3H3,(H,12,13)(H,14,15);;;. The molecule has 2 N–H and O–H groups in total. The first-order valence-electron chi connectivity index (χ1n) is 5.41. The van der Waals surface area contributed by atoms with Gasteiger partial charge in [-0.2, -0.15) is 0 Å². The zero-order valence-electron chi connectivity index (χ0n) is 9.56. The van der Waals surface area contributed by atoms with E-state index in [2.05, 4.69) is 0 Å². The van der Waals surface area contributed by atoms with Crippen molar-refractivity contribution in [2.24, 2.45) is 17.8 Å². The molecule has 0 aromatic heterocycles. The van der Waals surface area contributed by atoms with Crippen LogP contribution in [-0.4, -0.2) is 45.2 Å². The SMILES string of the molecule is CCCC(CC)C(C)C(C(=O)O)C(=O)O.[MgH2]. The minimum absolute atomic E-state index is 0. The van der Waals surface area contributed by atoms with Gasteiger partial charge < -0.3 is 10.2 Å². The number of hydrogen-bond donors (Lipinski definition) is 2. The molecule has 2 atom stereocenters. The van der Waals surface area contributed by atoms with Crippen molar-refractivity contribution in [1.29, 1.82) is 0 Å². The van der Waals surface area contributed by atoms with Crippen molar-refractivity contribution in [3.63, 3.8) is 0 Å². The van der Waals surface area contributed by atoms with Crippen molar-refractivity contribution >= 4 is 35.0 Å². The van der Waals surface area contributed by atoms with E-state index in [1.165, 1.54) is 0 Å². The highest BCUT2D eigenvalue weighted by Crippen LogP contribution is 2.28. The van der Waals surface area contributed by atoms with E-state index in [1.807, 2.05) is 13.8 Å². The van der Waals surface area contributed by atoms with Gasteiger partial charge in [0.1, 0.15) is 0 Å². The maximum atomic E-state index is 10.8. The maximum absolute atomic E-state index is 10.8. The van der Waals surface area contributed by atoms with Crippen LogP contribution < -0.4 is 0 Å². The van der Waals surface area contributed by atoms with Gasteiger partial charge in [-0.25, -0.2) is 0 Å². The Balaban J connectivity index is 0. The van der Waals surface area contributed by atoms with Gasteiger partial charge >= 0.3 is 35.0 Å². The van der Waals surface area contributed by atoms with Crippen LogP contribution in [0.25, 0.3) is 0 Å². The molecule has 0 bridgehead atoms. The molecule has 0 aromatic rings. The highest BCUT2D eigenvalue weighted by atomic mass is 24.3. The molecule has 5 heteroatoms. The molecule has 0 spiro atoms. The predicted octanol–water partition coefficient (Wildman–Crippen LogP) is 1.32. The van der Waals surface area contributed by atoms with Gasteiger partial charge in [0.05, 0.1) is 0 Å². The predicted molar refractivity (Wildman–Crippen MR) is 65.2 cm³/mol. The summed E-state index contributed by atoms with van der Waals surface area (Å²) in [6.45, 7) is 5.71. The number of carboxylic acids is 2. The number of carbonyl (C=O) groups is 2. The number of hydrogen-bond acceptors (Lipinski definition) is 2. The van der Waals surface area contributed by atoms with E-state index in [1.54, 1.807) is 6.92 Å². The molecule has 2 unspecified atom stereocenters. The van der Waals surface area contributed by atoms with E-state index >= 15 is 0 Å². The summed E-state index contributed by atoms with van der Waals surface area (Å²) in [5, 5.41) is 17.7. The average Bonchev–Trinajstić information content (AvgIpc) is 2.12. The van der Waals surface area contributed by atoms with E-state index in [0.29, 0.717) is 0 Å². The first-order chi connectivity index (χ1) is 6.95. The van der Waals surface area contributed by atoms with Crippen LogP contribution >= 0.6 is 0 Å². The maximum Gasteiger partial charge on any atom is 0.318 e. The van der Waals surface area contributed by atoms with Gasteiger partial charge in [-0.3, -0.25) is 9.59 Å². The Hall–Kier alpha value is -0.294. The average molecular weight is 243 g/mol. The zero-order chi connectivity index (χ0) is 12.0. The Labute approximate surface area is 113 Å². The van der Waals surface area contributed by atoms with Crippen molar-refractivity contribution in [3.8, 4) is 0 Å². The van der Waals surface area contributed by atoms with Gasteiger partial charge in [-0.05, 0) is 11.8 Å². The molecule has 0 heterocycles. The van der Waals surface area contributed by atoms with Gasteiger partial charge in [0.15, 0.2) is 5.92 Å². The van der Waals surface area contributed by atoms with Gasteiger partial charge in [-0.1, -0.05) is 40.0 Å². The second kappa shape index (κ2) is 8.81. The monoisotopic (exact) mass is 242 g/mol. The summed E-state index contributed by atoms with van der Waals surface area (Å²) >= 11 is 0. The third-order valence-electron chi connectivity index (χ3n) is 2.99. The largest absolute Gasteiger partial charge is 0.481 e. The quantitative estimate of drug-likeness (QED) is 0.522. The highest BCUT2D eigenvalue weighted by molar-refractivity contribution is 5.93. The Kier molecular flexibility index (Phi) is 9.96. The number of aliphatic carboxylic acids is 2. The van der Waals surface area contributed by atoms with Crippen molar-refractivity contribution in [2.75, 3.05) is 0 Å². The second-order valence-corrected chi connectivity index (χ2v) is 3.97. The smallest absolute Gasteiger partial charge is 0.318 e. The van der Waals surface area contributed by atoms with Crippen molar-refractivity contribution in [3.05, 3.63) is 0 Å². The molecule has 0 saturated carbocycles. The molecule has 0 aromatic carbocycles. The van der Waals surface area contributed by atoms with Crippen LogP contribution in [0.3, 0.4) is 0 Å². The fourth-order valence-corrected chi connectivity index (χ4v) is 2.04. The van der Waals surface area contributed by atoms with E-state index in [0.717, 1.165) is 19.3 Å². The number of carboxylic acid groups (broad SMARTS) is 2. The molecule has 0 aliphatic heterocycles. The molecule has 0 saturated heterocycles. The van der Waals surface area contributed by atoms with E-state index in [4.69, 9.17) is 10.2 Å². The van der Waals surface area contributed by atoms with Crippen LogP contribution in [-0.2, 0) is 9.59 Å². The Bertz CT molecular complexity index is 216. The minimum Gasteiger partial charge on any atom is -0.481 e. The fourth-order valence-electron chi connectivity index (χ4n) is 2.04. The lowest BCUT2D eigenvalue weighted by molar-refractivity contribution is -0.158. The van der Waals surface area contributed by atoms with Gasteiger partial charge in [0.2, 0.25) is 0 Å². The summed E-state index contributed by atoms with van der Waals surface area (Å²) in [6, 6.07) is 0. The molecule has 0 amide bonds. The van der Waals surface area contributed by atoms with E-state index in [-0.39, 0.29) is 34.9 Å². The lowest BCUT2D eigenvalue weighted by Crippen LogP contribution is -2.33. The molecule has 0 rings (SSSR count). The summed E-state index contributed by atoms with van der Waals surface area (Å²) in [6.07, 6.45) is 2.66. The Morgan fingerprint density at radius 1 is 1.12 bits per heavy atom. The Morgan fingerprint density at radius 3 is 1.81 bits per heavy atom. The summed E-state index contributed by atoms with van der Waals surface area (Å²) in [5.74, 6) is -3.88. The normalized spacial score (nSPS) is 14.0. The summed E-state index contributed by atoms with van der Waals surface area (Å²) in [7, 11) is 0. The highest BCUT2D eigenvalue weighted by Gasteiger charge is 2.35. The van der Waals surface area contributed by atoms with Crippen LogP contribution in [0.5, 0.6) is 0 Å². The lowest BCUT2D eigenvalue weighted by Gasteiger charge is -2.25.